The number of ether oxygens (including phenoxy) is 1. The molecule has 1 fully saturated rings. The average Bonchev–Trinajstić information content (AvgIpc) is 2.79. The molecule has 1 aromatic carbocycles. The zero-order valence-corrected chi connectivity index (χ0v) is 14.7. The van der Waals surface area contributed by atoms with E-state index in [9.17, 15) is 14.4 Å². The zero-order chi connectivity index (χ0) is 18.2. The van der Waals surface area contributed by atoms with Crippen LogP contribution in [0.3, 0.4) is 0 Å². The number of imide groups is 1. The van der Waals surface area contributed by atoms with Gasteiger partial charge in [0.15, 0.2) is 0 Å². The first kappa shape index (κ1) is 17.3. The number of nitrogens with zero attached hydrogens (tertiary/aromatic N) is 1. The van der Waals surface area contributed by atoms with Crippen molar-refractivity contribution in [3.63, 3.8) is 0 Å². The molecule has 1 heterocycles. The molecule has 4 amide bonds. The molecule has 1 aliphatic heterocycles. The Kier molecular flexibility index (Phi) is 4.41. The third-order valence-electron chi connectivity index (χ3n) is 4.70. The van der Waals surface area contributed by atoms with Gasteiger partial charge in [-0.3, -0.25) is 14.5 Å². The molecule has 1 saturated heterocycles. The van der Waals surface area contributed by atoms with Crippen LogP contribution < -0.4 is 15.4 Å². The fourth-order valence-electron chi connectivity index (χ4n) is 3.63. The van der Waals surface area contributed by atoms with Crippen molar-refractivity contribution in [3.8, 4) is 5.75 Å². The number of aryl methyl sites for hydroxylation is 1. The maximum atomic E-state index is 13.1. The molecule has 1 atom stereocenters. The molecule has 1 unspecified atom stereocenters. The Morgan fingerprint density at radius 2 is 2.16 bits per heavy atom. The van der Waals surface area contributed by atoms with Crippen LogP contribution in [0.5, 0.6) is 5.75 Å². The van der Waals surface area contributed by atoms with Gasteiger partial charge < -0.3 is 15.4 Å². The zero-order valence-electron chi connectivity index (χ0n) is 14.7. The number of benzene rings is 1. The number of urea groups is 1. The minimum absolute atomic E-state index is 0.0508. The van der Waals surface area contributed by atoms with Crippen molar-refractivity contribution < 1.29 is 19.1 Å². The Morgan fingerprint density at radius 1 is 1.40 bits per heavy atom. The second-order valence-corrected chi connectivity index (χ2v) is 6.83. The van der Waals surface area contributed by atoms with Gasteiger partial charge in [0.25, 0.3) is 5.91 Å². The molecule has 0 aromatic heterocycles. The summed E-state index contributed by atoms with van der Waals surface area (Å²) in [6, 6.07) is 4.96. The number of fused-ring (bicyclic) bond motifs is 2. The molecule has 0 bridgehead atoms. The summed E-state index contributed by atoms with van der Waals surface area (Å²) in [6.45, 7) is 3.39. The molecule has 2 aliphatic rings. The van der Waals surface area contributed by atoms with E-state index in [1.165, 1.54) is 0 Å². The monoisotopic (exact) mass is 345 g/mol. The molecule has 0 saturated carbocycles. The highest BCUT2D eigenvalue weighted by Gasteiger charge is 2.54. The van der Waals surface area contributed by atoms with E-state index in [4.69, 9.17) is 4.74 Å². The van der Waals surface area contributed by atoms with E-state index in [0.717, 1.165) is 34.6 Å². The fraction of sp³-hybridized carbons (Fsp3) is 0.500. The quantitative estimate of drug-likeness (QED) is 0.805. The molecule has 1 spiro atoms. The second kappa shape index (κ2) is 6.38. The molecule has 134 valence electrons. The molecule has 2 N–H and O–H groups in total. The molecule has 7 heteroatoms. The highest BCUT2D eigenvalue weighted by atomic mass is 16.5. The number of amides is 4. The number of carbonyl (C=O) groups excluding carboxylic acids is 3. The summed E-state index contributed by atoms with van der Waals surface area (Å²) in [4.78, 5) is 38.5. The van der Waals surface area contributed by atoms with Crippen LogP contribution in [0.4, 0.5) is 4.79 Å². The van der Waals surface area contributed by atoms with Crippen molar-refractivity contribution >= 4 is 17.8 Å². The van der Waals surface area contributed by atoms with Crippen molar-refractivity contribution in [1.29, 1.82) is 0 Å². The predicted molar refractivity (Wildman–Crippen MR) is 91.1 cm³/mol. The predicted octanol–water partition coefficient (Wildman–Crippen LogP) is 1.30. The topological polar surface area (TPSA) is 87.7 Å². The van der Waals surface area contributed by atoms with E-state index >= 15 is 0 Å². The first-order valence-corrected chi connectivity index (χ1v) is 8.48. The van der Waals surface area contributed by atoms with Crippen LogP contribution >= 0.6 is 0 Å². The van der Waals surface area contributed by atoms with E-state index in [1.54, 1.807) is 13.2 Å². The molecular formula is C18H23N3O4. The molecule has 1 aromatic rings. The minimum atomic E-state index is -1.07. The first-order valence-electron chi connectivity index (χ1n) is 8.48. The number of carbonyl (C=O) groups is 3. The Bertz CT molecular complexity index is 731. The molecule has 25 heavy (non-hydrogen) atoms. The Hall–Kier alpha value is -2.57. The standard InChI is InChI=1S/C18H23N3O4/c1-11(2)19-15(22)10-21-16(23)18(20-17(21)24)8-4-5-12-9-13(25-3)6-7-14(12)18/h6-7,9,11H,4-5,8,10H2,1-3H3,(H,19,22)(H,20,24). The lowest BCUT2D eigenvalue weighted by atomic mass is 9.76. The highest BCUT2D eigenvalue weighted by Crippen LogP contribution is 2.41. The van der Waals surface area contributed by atoms with Crippen LogP contribution in [0.25, 0.3) is 0 Å². The lowest BCUT2D eigenvalue weighted by Gasteiger charge is -2.33. The summed E-state index contributed by atoms with van der Waals surface area (Å²) in [5, 5.41) is 5.55. The summed E-state index contributed by atoms with van der Waals surface area (Å²) in [5.74, 6) is 0.0181. The van der Waals surface area contributed by atoms with Crippen LogP contribution in [-0.2, 0) is 21.5 Å². The van der Waals surface area contributed by atoms with Crippen molar-refractivity contribution in [3.05, 3.63) is 29.3 Å². The van der Waals surface area contributed by atoms with Gasteiger partial charge in [0, 0.05) is 6.04 Å². The second-order valence-electron chi connectivity index (χ2n) is 6.83. The van der Waals surface area contributed by atoms with Crippen LogP contribution in [0.2, 0.25) is 0 Å². The summed E-state index contributed by atoms with van der Waals surface area (Å²) in [7, 11) is 1.60. The minimum Gasteiger partial charge on any atom is -0.497 e. The van der Waals surface area contributed by atoms with E-state index < -0.39 is 11.6 Å². The third-order valence-corrected chi connectivity index (χ3v) is 4.70. The lowest BCUT2D eigenvalue weighted by molar-refractivity contribution is -0.135. The number of rotatable bonds is 4. The lowest BCUT2D eigenvalue weighted by Crippen LogP contribution is -2.47. The first-order chi connectivity index (χ1) is 11.9. The summed E-state index contributed by atoms with van der Waals surface area (Å²) >= 11 is 0. The average molecular weight is 345 g/mol. The van der Waals surface area contributed by atoms with E-state index in [1.807, 2.05) is 26.0 Å². The van der Waals surface area contributed by atoms with Gasteiger partial charge in [-0.1, -0.05) is 6.07 Å². The Morgan fingerprint density at radius 3 is 2.84 bits per heavy atom. The van der Waals surface area contributed by atoms with Gasteiger partial charge in [0.05, 0.1) is 7.11 Å². The maximum Gasteiger partial charge on any atom is 0.325 e. The van der Waals surface area contributed by atoms with E-state index in [0.29, 0.717) is 6.42 Å². The maximum absolute atomic E-state index is 13.1. The van der Waals surface area contributed by atoms with Gasteiger partial charge in [-0.2, -0.15) is 0 Å². The highest BCUT2D eigenvalue weighted by molar-refractivity contribution is 6.09. The molecule has 1 aliphatic carbocycles. The third kappa shape index (κ3) is 2.94. The SMILES string of the molecule is COc1ccc2c(c1)CCCC21NC(=O)N(CC(=O)NC(C)C)C1=O. The van der Waals surface area contributed by atoms with Crippen molar-refractivity contribution in [2.24, 2.45) is 0 Å². The molecule has 7 nitrogen and oxygen atoms in total. The van der Waals surface area contributed by atoms with Crippen LogP contribution in [0, 0.1) is 0 Å². The molecule has 0 radical (unpaired) electrons. The van der Waals surface area contributed by atoms with E-state index in [2.05, 4.69) is 10.6 Å². The van der Waals surface area contributed by atoms with Crippen molar-refractivity contribution in [1.82, 2.24) is 15.5 Å². The Balaban J connectivity index is 1.90. The number of hydrogen-bond acceptors (Lipinski definition) is 4. The number of methoxy groups -OCH3 is 1. The van der Waals surface area contributed by atoms with Gasteiger partial charge in [-0.15, -0.1) is 0 Å². The summed E-state index contributed by atoms with van der Waals surface area (Å²) < 4.78 is 5.25. The summed E-state index contributed by atoms with van der Waals surface area (Å²) in [6.07, 6.45) is 2.13. The van der Waals surface area contributed by atoms with Crippen LogP contribution in [-0.4, -0.2) is 42.4 Å². The largest absolute Gasteiger partial charge is 0.497 e. The number of nitrogens with one attached hydrogen (secondary N) is 2. The normalized spacial score (nSPS) is 22.2. The summed E-state index contributed by atoms with van der Waals surface area (Å²) in [5.41, 5.74) is 0.715. The van der Waals surface area contributed by atoms with Crippen LogP contribution in [0.15, 0.2) is 18.2 Å². The van der Waals surface area contributed by atoms with Crippen molar-refractivity contribution in [2.75, 3.05) is 13.7 Å². The number of hydrogen-bond donors (Lipinski definition) is 2. The van der Waals surface area contributed by atoms with Gasteiger partial charge in [-0.25, -0.2) is 4.79 Å². The fourth-order valence-corrected chi connectivity index (χ4v) is 3.63. The van der Waals surface area contributed by atoms with E-state index in [-0.39, 0.29) is 24.4 Å². The van der Waals surface area contributed by atoms with Crippen LogP contribution in [0.1, 0.15) is 37.8 Å². The smallest absolute Gasteiger partial charge is 0.325 e. The van der Waals surface area contributed by atoms with Gasteiger partial charge in [-0.05, 0) is 56.4 Å². The van der Waals surface area contributed by atoms with Gasteiger partial charge in [0.1, 0.15) is 17.8 Å². The van der Waals surface area contributed by atoms with Gasteiger partial charge >= 0.3 is 6.03 Å². The van der Waals surface area contributed by atoms with Gasteiger partial charge in [0.2, 0.25) is 5.91 Å². The van der Waals surface area contributed by atoms with Crippen molar-refractivity contribution in [2.45, 2.75) is 44.7 Å². The molecule has 3 rings (SSSR count). The Labute approximate surface area is 146 Å². The molecular weight excluding hydrogens is 322 g/mol.